The van der Waals surface area contributed by atoms with Gasteiger partial charge in [-0.15, -0.1) is 0 Å². The molecule has 0 saturated carbocycles. The van der Waals surface area contributed by atoms with Gasteiger partial charge in [-0.1, -0.05) is 30.3 Å². The highest BCUT2D eigenvalue weighted by molar-refractivity contribution is 5.14. The van der Waals surface area contributed by atoms with E-state index in [1.54, 1.807) is 30.3 Å². The standard InChI is InChI=1S/C12H15F3N2/c13-12(14,15)17(11-6-7-16-8-11)9-10-4-2-1-3-5-10/h1-5,11,16H,6-9H2. The molecule has 2 rings (SSSR count). The minimum Gasteiger partial charge on any atom is -0.315 e. The van der Waals surface area contributed by atoms with Crippen LogP contribution in [0.1, 0.15) is 12.0 Å². The van der Waals surface area contributed by atoms with Crippen LogP contribution >= 0.6 is 0 Å². The Bertz CT molecular complexity index is 345. The molecule has 0 aliphatic carbocycles. The highest BCUT2D eigenvalue weighted by Crippen LogP contribution is 2.28. The molecule has 0 bridgehead atoms. The molecule has 0 aromatic heterocycles. The summed E-state index contributed by atoms with van der Waals surface area (Å²) >= 11 is 0. The molecule has 5 heteroatoms. The minimum absolute atomic E-state index is 0.0727. The van der Waals surface area contributed by atoms with Crippen LogP contribution in [0.4, 0.5) is 13.2 Å². The SMILES string of the molecule is FC(F)(F)N(Cc1ccccc1)C1CCNC1. The van der Waals surface area contributed by atoms with Crippen molar-refractivity contribution in [3.05, 3.63) is 35.9 Å². The van der Waals surface area contributed by atoms with Crippen LogP contribution in [0.5, 0.6) is 0 Å². The maximum Gasteiger partial charge on any atom is 0.460 e. The van der Waals surface area contributed by atoms with E-state index in [0.717, 1.165) is 0 Å². The van der Waals surface area contributed by atoms with Crippen molar-refractivity contribution in [1.82, 2.24) is 10.2 Å². The predicted molar refractivity (Wildman–Crippen MR) is 59.3 cm³/mol. The topological polar surface area (TPSA) is 15.3 Å². The third-order valence-corrected chi connectivity index (χ3v) is 3.00. The normalized spacial score (nSPS) is 21.1. The summed E-state index contributed by atoms with van der Waals surface area (Å²) in [4.78, 5) is 0.627. The Kier molecular flexibility index (Phi) is 3.69. The number of alkyl halides is 3. The third-order valence-electron chi connectivity index (χ3n) is 3.00. The smallest absolute Gasteiger partial charge is 0.315 e. The van der Waals surface area contributed by atoms with Crippen molar-refractivity contribution in [3.63, 3.8) is 0 Å². The fraction of sp³-hybridized carbons (Fsp3) is 0.500. The van der Waals surface area contributed by atoms with E-state index < -0.39 is 12.3 Å². The quantitative estimate of drug-likeness (QED) is 0.821. The number of hydrogen-bond donors (Lipinski definition) is 1. The van der Waals surface area contributed by atoms with E-state index in [0.29, 0.717) is 30.0 Å². The highest BCUT2D eigenvalue weighted by atomic mass is 19.4. The maximum atomic E-state index is 13.0. The van der Waals surface area contributed by atoms with Gasteiger partial charge in [0, 0.05) is 19.1 Å². The molecule has 1 N–H and O–H groups in total. The number of nitrogens with zero attached hydrogens (tertiary/aromatic N) is 1. The second-order valence-electron chi connectivity index (χ2n) is 4.23. The van der Waals surface area contributed by atoms with Crippen molar-refractivity contribution in [2.24, 2.45) is 0 Å². The zero-order valence-corrected chi connectivity index (χ0v) is 9.37. The largest absolute Gasteiger partial charge is 0.460 e. The minimum atomic E-state index is -4.27. The summed E-state index contributed by atoms with van der Waals surface area (Å²) in [7, 11) is 0. The third kappa shape index (κ3) is 3.20. The molecule has 17 heavy (non-hydrogen) atoms. The van der Waals surface area contributed by atoms with Crippen LogP contribution in [-0.4, -0.2) is 30.3 Å². The van der Waals surface area contributed by atoms with Crippen molar-refractivity contribution in [3.8, 4) is 0 Å². The number of benzene rings is 1. The lowest BCUT2D eigenvalue weighted by Crippen LogP contribution is -2.46. The van der Waals surface area contributed by atoms with E-state index in [4.69, 9.17) is 0 Å². The van der Waals surface area contributed by atoms with Gasteiger partial charge in [0.25, 0.3) is 0 Å². The van der Waals surface area contributed by atoms with Crippen LogP contribution in [0.3, 0.4) is 0 Å². The molecule has 2 nitrogen and oxygen atoms in total. The average molecular weight is 244 g/mol. The first-order chi connectivity index (χ1) is 8.07. The van der Waals surface area contributed by atoms with Gasteiger partial charge in [0.2, 0.25) is 0 Å². The molecule has 1 atom stereocenters. The molecule has 1 heterocycles. The summed E-state index contributed by atoms with van der Waals surface area (Å²) in [5.41, 5.74) is 0.691. The monoisotopic (exact) mass is 244 g/mol. The highest BCUT2D eigenvalue weighted by Gasteiger charge is 2.42. The fourth-order valence-electron chi connectivity index (χ4n) is 2.11. The Morgan fingerprint density at radius 3 is 2.47 bits per heavy atom. The average Bonchev–Trinajstić information content (AvgIpc) is 2.79. The Hall–Kier alpha value is -1.07. The molecule has 0 radical (unpaired) electrons. The second kappa shape index (κ2) is 5.06. The maximum absolute atomic E-state index is 13.0. The lowest BCUT2D eigenvalue weighted by molar-refractivity contribution is -0.260. The lowest BCUT2D eigenvalue weighted by Gasteiger charge is -2.30. The summed E-state index contributed by atoms with van der Waals surface area (Å²) in [5, 5.41) is 2.97. The van der Waals surface area contributed by atoms with Crippen LogP contribution in [-0.2, 0) is 6.54 Å². The molecule has 1 saturated heterocycles. The Balaban J connectivity index is 2.11. The van der Waals surface area contributed by atoms with Gasteiger partial charge in [-0.3, -0.25) is 0 Å². The van der Waals surface area contributed by atoms with Crippen LogP contribution in [0.2, 0.25) is 0 Å². The van der Waals surface area contributed by atoms with Crippen molar-refractivity contribution in [2.75, 3.05) is 13.1 Å². The summed E-state index contributed by atoms with van der Waals surface area (Å²) in [6.07, 6.45) is -3.72. The van der Waals surface area contributed by atoms with E-state index >= 15 is 0 Å². The van der Waals surface area contributed by atoms with Gasteiger partial charge in [0.15, 0.2) is 0 Å². The Labute approximate surface area is 98.4 Å². The Morgan fingerprint density at radius 2 is 1.94 bits per heavy atom. The number of hydrogen-bond acceptors (Lipinski definition) is 2. The van der Waals surface area contributed by atoms with Crippen LogP contribution in [0.15, 0.2) is 30.3 Å². The zero-order chi connectivity index (χ0) is 12.3. The van der Waals surface area contributed by atoms with Gasteiger partial charge >= 0.3 is 6.30 Å². The molecule has 0 spiro atoms. The van der Waals surface area contributed by atoms with Crippen LogP contribution in [0.25, 0.3) is 0 Å². The number of halogens is 3. The van der Waals surface area contributed by atoms with E-state index in [9.17, 15) is 13.2 Å². The van der Waals surface area contributed by atoms with E-state index in [1.807, 2.05) is 0 Å². The van der Waals surface area contributed by atoms with Crippen LogP contribution < -0.4 is 5.32 Å². The summed E-state index contributed by atoms with van der Waals surface area (Å²) in [5.74, 6) is 0. The number of rotatable bonds is 3. The van der Waals surface area contributed by atoms with Crippen LogP contribution in [0, 0.1) is 0 Å². The fourth-order valence-corrected chi connectivity index (χ4v) is 2.11. The summed E-state index contributed by atoms with van der Waals surface area (Å²) < 4.78 is 38.9. The second-order valence-corrected chi connectivity index (χ2v) is 4.23. The molecule has 1 aliphatic heterocycles. The first kappa shape index (κ1) is 12.4. The van der Waals surface area contributed by atoms with Crippen molar-refractivity contribution >= 4 is 0 Å². The summed E-state index contributed by atoms with van der Waals surface area (Å²) in [6, 6.07) is 8.32. The molecular weight excluding hydrogens is 229 g/mol. The van der Waals surface area contributed by atoms with Crippen molar-refractivity contribution in [1.29, 1.82) is 0 Å². The van der Waals surface area contributed by atoms with Gasteiger partial charge in [0.05, 0.1) is 0 Å². The molecule has 1 aliphatic rings. The first-order valence-electron chi connectivity index (χ1n) is 5.65. The predicted octanol–water partition coefficient (Wildman–Crippen LogP) is 2.37. The van der Waals surface area contributed by atoms with Gasteiger partial charge in [-0.2, -0.15) is 13.2 Å². The lowest BCUT2D eigenvalue weighted by atomic mass is 10.1. The molecule has 1 unspecified atom stereocenters. The van der Waals surface area contributed by atoms with Crippen molar-refractivity contribution < 1.29 is 13.2 Å². The van der Waals surface area contributed by atoms with Gasteiger partial charge in [0.1, 0.15) is 0 Å². The van der Waals surface area contributed by atoms with Gasteiger partial charge < -0.3 is 5.32 Å². The van der Waals surface area contributed by atoms with E-state index in [2.05, 4.69) is 5.32 Å². The van der Waals surface area contributed by atoms with E-state index in [1.165, 1.54) is 0 Å². The molecule has 1 aromatic rings. The first-order valence-corrected chi connectivity index (χ1v) is 5.65. The molecule has 1 fully saturated rings. The molecule has 1 aromatic carbocycles. The zero-order valence-electron chi connectivity index (χ0n) is 9.37. The molecule has 0 amide bonds. The number of nitrogens with one attached hydrogen (secondary N) is 1. The molecule has 94 valence electrons. The van der Waals surface area contributed by atoms with Gasteiger partial charge in [-0.05, 0) is 18.5 Å². The molecular formula is C12H15F3N2. The summed E-state index contributed by atoms with van der Waals surface area (Å²) in [6.45, 7) is 0.995. The van der Waals surface area contributed by atoms with Crippen molar-refractivity contribution in [2.45, 2.75) is 25.3 Å². The van der Waals surface area contributed by atoms with Gasteiger partial charge in [-0.25, -0.2) is 4.90 Å². The van der Waals surface area contributed by atoms with E-state index in [-0.39, 0.29) is 6.54 Å². The Morgan fingerprint density at radius 1 is 1.24 bits per heavy atom.